The van der Waals surface area contributed by atoms with E-state index in [1.165, 1.54) is 77.0 Å². The van der Waals surface area contributed by atoms with E-state index >= 15 is 0 Å². The topological polar surface area (TPSA) is 112 Å². The maximum absolute atomic E-state index is 12.3. The Bertz CT molecular complexity index is 667. The molecule has 0 aliphatic rings. The molecule has 0 radical (unpaired) electrons. The minimum absolute atomic E-state index is 0.192. The first-order chi connectivity index (χ1) is 19.7. The fourth-order valence-electron chi connectivity index (χ4n) is 6.62. The van der Waals surface area contributed by atoms with Crippen molar-refractivity contribution in [3.8, 4) is 0 Å². The molecule has 0 heterocycles. The first-order valence-corrected chi connectivity index (χ1v) is 16.9. The minimum atomic E-state index is -1.12. The predicted molar refractivity (Wildman–Crippen MR) is 168 cm³/mol. The predicted octanol–water partition coefficient (Wildman–Crippen LogP) is 8.99. The molecule has 0 aliphatic carbocycles. The van der Waals surface area contributed by atoms with Gasteiger partial charge in [-0.25, -0.2) is 14.4 Å². The second kappa shape index (κ2) is 24.7. The molecule has 0 aromatic carbocycles. The number of hydrogen-bond acceptors (Lipinski definition) is 3. The van der Waals surface area contributed by atoms with Gasteiger partial charge < -0.3 is 15.3 Å². The van der Waals surface area contributed by atoms with E-state index in [2.05, 4.69) is 19.1 Å². The van der Waals surface area contributed by atoms with Crippen LogP contribution in [-0.2, 0) is 14.4 Å². The summed E-state index contributed by atoms with van der Waals surface area (Å²) in [7, 11) is 0. The molecule has 0 saturated heterocycles. The molecule has 0 saturated carbocycles. The molecular weight excluding hydrogens is 518 g/mol. The van der Waals surface area contributed by atoms with Crippen molar-refractivity contribution in [2.45, 2.75) is 181 Å². The minimum Gasteiger partial charge on any atom is -0.477 e. The van der Waals surface area contributed by atoms with Gasteiger partial charge in [0, 0.05) is 19.3 Å². The SMILES string of the molecule is CCCCCCCCCC/C=C/CCCCCCCCCC[N+](C(CC)C(=O)O)(C(CC)C(=O)O)C(CC)C(=O)O. The Morgan fingerprint density at radius 1 is 0.488 bits per heavy atom. The molecule has 0 aromatic heterocycles. The first-order valence-electron chi connectivity index (χ1n) is 16.9. The van der Waals surface area contributed by atoms with Crippen molar-refractivity contribution in [3.63, 3.8) is 0 Å². The molecule has 0 rings (SSSR count). The van der Waals surface area contributed by atoms with E-state index in [0.717, 1.165) is 32.1 Å². The lowest BCUT2D eigenvalue weighted by Crippen LogP contribution is -2.72. The van der Waals surface area contributed by atoms with Crippen LogP contribution in [0.5, 0.6) is 0 Å². The average Bonchev–Trinajstić information content (AvgIpc) is 2.92. The second-order valence-corrected chi connectivity index (χ2v) is 11.9. The molecule has 3 atom stereocenters. The third-order valence-corrected chi connectivity index (χ3v) is 8.81. The second-order valence-electron chi connectivity index (χ2n) is 11.9. The zero-order chi connectivity index (χ0) is 30.9. The Morgan fingerprint density at radius 2 is 0.780 bits per heavy atom. The van der Waals surface area contributed by atoms with E-state index < -0.39 is 40.5 Å². The molecule has 0 aliphatic heterocycles. The van der Waals surface area contributed by atoms with Gasteiger partial charge in [0.1, 0.15) is 0 Å². The van der Waals surface area contributed by atoms with E-state index in [4.69, 9.17) is 0 Å². The fraction of sp³-hybridized carbons (Fsp3) is 0.853. The van der Waals surface area contributed by atoms with Crippen LogP contribution in [-0.4, -0.2) is 62.4 Å². The van der Waals surface area contributed by atoms with Gasteiger partial charge in [0.2, 0.25) is 0 Å². The van der Waals surface area contributed by atoms with Gasteiger partial charge in [-0.2, -0.15) is 0 Å². The van der Waals surface area contributed by atoms with Crippen molar-refractivity contribution < 1.29 is 34.2 Å². The number of rotatable bonds is 29. The molecule has 240 valence electrons. The van der Waals surface area contributed by atoms with Crippen LogP contribution < -0.4 is 0 Å². The maximum atomic E-state index is 12.3. The number of carboxylic acids is 3. The molecule has 0 bridgehead atoms. The van der Waals surface area contributed by atoms with Crippen molar-refractivity contribution in [2.75, 3.05) is 6.54 Å². The molecule has 0 aromatic rings. The number of carboxylic acid groups (broad SMARTS) is 3. The quantitative estimate of drug-likeness (QED) is 0.0461. The van der Waals surface area contributed by atoms with Gasteiger partial charge in [0.05, 0.1) is 6.54 Å². The summed E-state index contributed by atoms with van der Waals surface area (Å²) in [6.45, 7) is 7.65. The smallest absolute Gasteiger partial charge is 0.362 e. The van der Waals surface area contributed by atoms with Crippen LogP contribution in [0.4, 0.5) is 0 Å². The highest BCUT2D eigenvalue weighted by atomic mass is 16.4. The summed E-state index contributed by atoms with van der Waals surface area (Å²) in [5, 5.41) is 30.1. The zero-order valence-electron chi connectivity index (χ0n) is 27.0. The standard InChI is InChI=1S/C34H63NO6/c1-5-9-10-11-12-13-14-15-16-17-18-19-20-21-22-23-24-25-26-27-28-35(29(6-2)32(36)37,30(7-3)33(38)39)31(8-4)34(40)41/h17-18,29-31H,5-16,19-28H2,1-4H3,(H2-,36,37,38,39,40,41)/p+1/b18-17+. The number of quaternary nitrogens is 1. The first kappa shape index (κ1) is 39.1. The maximum Gasteiger partial charge on any atom is 0.362 e. The lowest BCUT2D eigenvalue weighted by molar-refractivity contribution is -0.973. The molecular formula is C34H64NO6+. The highest BCUT2D eigenvalue weighted by Crippen LogP contribution is 2.32. The monoisotopic (exact) mass is 582 g/mol. The largest absolute Gasteiger partial charge is 0.477 e. The van der Waals surface area contributed by atoms with E-state index in [9.17, 15) is 29.7 Å². The van der Waals surface area contributed by atoms with Gasteiger partial charge in [0.15, 0.2) is 18.1 Å². The van der Waals surface area contributed by atoms with E-state index in [1.807, 2.05) is 0 Å². The third kappa shape index (κ3) is 15.2. The molecule has 0 spiro atoms. The average molecular weight is 583 g/mol. The summed E-state index contributed by atoms with van der Waals surface area (Å²) >= 11 is 0. The molecule has 41 heavy (non-hydrogen) atoms. The van der Waals surface area contributed by atoms with Gasteiger partial charge in [-0.1, -0.05) is 117 Å². The van der Waals surface area contributed by atoms with Gasteiger partial charge in [-0.3, -0.25) is 4.48 Å². The third-order valence-electron chi connectivity index (χ3n) is 8.81. The highest BCUT2D eigenvalue weighted by Gasteiger charge is 2.55. The highest BCUT2D eigenvalue weighted by molar-refractivity contribution is 5.78. The van der Waals surface area contributed by atoms with E-state index in [1.54, 1.807) is 20.8 Å². The zero-order valence-corrected chi connectivity index (χ0v) is 27.0. The lowest BCUT2D eigenvalue weighted by atomic mass is 9.93. The summed E-state index contributed by atoms with van der Waals surface area (Å²) in [6, 6.07) is -3.19. The van der Waals surface area contributed by atoms with E-state index in [0.29, 0.717) is 6.42 Å². The molecule has 0 amide bonds. The molecule has 7 heteroatoms. The number of nitrogens with zero attached hydrogens (tertiary/aromatic N) is 1. The van der Waals surface area contributed by atoms with Crippen LogP contribution in [0.15, 0.2) is 12.2 Å². The number of carbonyl (C=O) groups is 3. The molecule has 3 N–H and O–H groups in total. The summed E-state index contributed by atoms with van der Waals surface area (Å²) < 4.78 is -0.407. The van der Waals surface area contributed by atoms with Gasteiger partial charge >= 0.3 is 17.9 Å². The van der Waals surface area contributed by atoms with Crippen LogP contribution in [0, 0.1) is 0 Å². The van der Waals surface area contributed by atoms with Gasteiger partial charge in [-0.05, 0) is 38.5 Å². The Morgan fingerprint density at radius 3 is 1.07 bits per heavy atom. The van der Waals surface area contributed by atoms with Crippen LogP contribution >= 0.6 is 0 Å². The summed E-state index contributed by atoms with van der Waals surface area (Å²) in [5.41, 5.74) is 0. The number of allylic oxidation sites excluding steroid dienone is 2. The normalized spacial score (nSPS) is 15.4. The Labute approximate surface area is 251 Å². The van der Waals surface area contributed by atoms with Crippen molar-refractivity contribution in [2.24, 2.45) is 0 Å². The van der Waals surface area contributed by atoms with Crippen molar-refractivity contribution in [3.05, 3.63) is 12.2 Å². The number of aliphatic carboxylic acids is 3. The summed E-state index contributed by atoms with van der Waals surface area (Å²) in [6.07, 6.45) is 26.9. The fourth-order valence-corrected chi connectivity index (χ4v) is 6.62. The van der Waals surface area contributed by atoms with Crippen molar-refractivity contribution >= 4 is 17.9 Å². The Balaban J connectivity index is 4.45. The number of hydrogen-bond donors (Lipinski definition) is 3. The van der Waals surface area contributed by atoms with Crippen molar-refractivity contribution in [1.82, 2.24) is 0 Å². The van der Waals surface area contributed by atoms with Crippen LogP contribution in [0.3, 0.4) is 0 Å². The summed E-state index contributed by atoms with van der Waals surface area (Å²) in [5.74, 6) is -3.35. The molecule has 0 fully saturated rings. The van der Waals surface area contributed by atoms with Gasteiger partial charge in [0.25, 0.3) is 0 Å². The summed E-state index contributed by atoms with van der Waals surface area (Å²) in [4.78, 5) is 36.8. The van der Waals surface area contributed by atoms with Crippen LogP contribution in [0.25, 0.3) is 0 Å². The number of unbranched alkanes of at least 4 members (excludes halogenated alkanes) is 16. The molecule has 3 unspecified atom stereocenters. The van der Waals surface area contributed by atoms with E-state index in [-0.39, 0.29) is 25.8 Å². The van der Waals surface area contributed by atoms with Crippen LogP contribution in [0.2, 0.25) is 0 Å². The Hall–Kier alpha value is -1.89. The van der Waals surface area contributed by atoms with Gasteiger partial charge in [-0.15, -0.1) is 0 Å². The molecule has 7 nitrogen and oxygen atoms in total. The van der Waals surface area contributed by atoms with Crippen LogP contribution in [0.1, 0.15) is 163 Å². The lowest BCUT2D eigenvalue weighted by Gasteiger charge is -2.49. The Kier molecular flexibility index (Phi) is 23.5. The van der Waals surface area contributed by atoms with Crippen molar-refractivity contribution in [1.29, 1.82) is 0 Å².